The van der Waals surface area contributed by atoms with Crippen LogP contribution in [0.4, 0.5) is 4.79 Å². The zero-order valence-electron chi connectivity index (χ0n) is 14.6. The Labute approximate surface area is 150 Å². The molecule has 0 bridgehead atoms. The number of amides is 2. The lowest BCUT2D eigenvalue weighted by Crippen LogP contribution is -2.48. The minimum atomic E-state index is -0.491. The molecule has 2 aromatic rings. The fraction of sp³-hybridized carbons (Fsp3) is 0.421. The maximum atomic E-state index is 12.7. The van der Waals surface area contributed by atoms with Crippen LogP contribution < -0.4 is 0 Å². The van der Waals surface area contributed by atoms with E-state index in [1.807, 2.05) is 31.2 Å². The van der Waals surface area contributed by atoms with E-state index in [0.29, 0.717) is 38.0 Å². The zero-order chi connectivity index (χ0) is 18.3. The van der Waals surface area contributed by atoms with E-state index >= 15 is 0 Å². The molecule has 1 aromatic carbocycles. The van der Waals surface area contributed by atoms with Gasteiger partial charge >= 0.3 is 6.09 Å². The summed E-state index contributed by atoms with van der Waals surface area (Å²) < 4.78 is 5.18. The van der Waals surface area contributed by atoms with Crippen molar-refractivity contribution < 1.29 is 19.1 Å². The molecular weight excluding hydrogens is 334 g/mol. The number of nitrogens with one attached hydrogen (secondary N) is 1. The number of aromatic nitrogens is 1. The summed E-state index contributed by atoms with van der Waals surface area (Å²) in [5.74, 6) is -0.972. The van der Waals surface area contributed by atoms with Gasteiger partial charge in [-0.3, -0.25) is 9.59 Å². The van der Waals surface area contributed by atoms with Crippen molar-refractivity contribution in [2.75, 3.05) is 19.6 Å². The average Bonchev–Trinajstić information content (AvgIpc) is 3.23. The number of benzene rings is 1. The second-order valence-electron chi connectivity index (χ2n) is 6.95. The number of carbonyl (C=O) groups excluding carboxylic acids is 3. The van der Waals surface area contributed by atoms with Crippen molar-refractivity contribution in [1.29, 1.82) is 0 Å². The van der Waals surface area contributed by atoms with Crippen LogP contribution in [0.1, 0.15) is 30.1 Å². The van der Waals surface area contributed by atoms with Gasteiger partial charge < -0.3 is 19.5 Å². The Balaban J connectivity index is 1.42. The van der Waals surface area contributed by atoms with Crippen LogP contribution in [0.2, 0.25) is 0 Å². The van der Waals surface area contributed by atoms with Crippen LogP contribution in [-0.4, -0.2) is 64.3 Å². The molecule has 1 N–H and O–H groups in total. The Morgan fingerprint density at radius 3 is 2.62 bits per heavy atom. The maximum Gasteiger partial charge on any atom is 0.410 e. The molecule has 0 aliphatic carbocycles. The van der Waals surface area contributed by atoms with Gasteiger partial charge in [0.15, 0.2) is 0 Å². The molecule has 3 heterocycles. The van der Waals surface area contributed by atoms with Gasteiger partial charge in [-0.2, -0.15) is 0 Å². The van der Waals surface area contributed by atoms with Crippen LogP contribution in [0.3, 0.4) is 0 Å². The summed E-state index contributed by atoms with van der Waals surface area (Å²) in [5, 5.41) is 0.759. The number of piperidine rings is 1. The third kappa shape index (κ3) is 2.83. The number of fused-ring (bicyclic) bond motifs is 1. The number of para-hydroxylation sites is 1. The summed E-state index contributed by atoms with van der Waals surface area (Å²) in [6, 6.07) is 7.50. The molecule has 2 amide bonds. The highest BCUT2D eigenvalue weighted by Crippen LogP contribution is 2.24. The summed E-state index contributed by atoms with van der Waals surface area (Å²) in [6.45, 7) is 3.40. The van der Waals surface area contributed by atoms with Crippen LogP contribution in [0.5, 0.6) is 0 Å². The molecular formula is C19H21N3O4. The van der Waals surface area contributed by atoms with Crippen molar-refractivity contribution >= 4 is 28.7 Å². The lowest BCUT2D eigenvalue weighted by molar-refractivity contribution is -0.127. The largest absolute Gasteiger partial charge is 0.444 e. The van der Waals surface area contributed by atoms with Crippen molar-refractivity contribution in [2.24, 2.45) is 0 Å². The normalized spacial score (nSPS) is 21.3. The lowest BCUT2D eigenvalue weighted by atomic mass is 10.0. The number of ketones is 1. The van der Waals surface area contributed by atoms with Gasteiger partial charge in [-0.05, 0) is 25.8 Å². The molecule has 1 aromatic heterocycles. The third-order valence-electron chi connectivity index (χ3n) is 5.21. The second kappa shape index (κ2) is 6.48. The Morgan fingerprint density at radius 1 is 1.19 bits per heavy atom. The number of Topliss-reactive ketones (excluding diaryl/α,β-unsaturated/α-hetero) is 1. The molecule has 7 heteroatoms. The molecule has 2 saturated heterocycles. The van der Waals surface area contributed by atoms with Crippen molar-refractivity contribution in [1.82, 2.24) is 14.8 Å². The summed E-state index contributed by atoms with van der Waals surface area (Å²) in [6.07, 6.45) is 2.55. The number of carbonyl (C=O) groups is 3. The number of aromatic amines is 1. The molecule has 26 heavy (non-hydrogen) atoms. The van der Waals surface area contributed by atoms with E-state index in [1.54, 1.807) is 16.0 Å². The molecule has 1 atom stereocenters. The van der Waals surface area contributed by atoms with Gasteiger partial charge in [-0.1, -0.05) is 18.2 Å². The Hall–Kier alpha value is -2.83. The number of rotatable bonds is 3. The highest BCUT2D eigenvalue weighted by molar-refractivity contribution is 6.44. The number of likely N-dealkylation sites (tertiary alicyclic amines) is 1. The fourth-order valence-corrected chi connectivity index (χ4v) is 3.83. The van der Waals surface area contributed by atoms with Gasteiger partial charge in [0.2, 0.25) is 0 Å². The molecule has 0 radical (unpaired) electrons. The average molecular weight is 355 g/mol. The quantitative estimate of drug-likeness (QED) is 0.676. The molecule has 0 saturated carbocycles. The van der Waals surface area contributed by atoms with E-state index in [0.717, 1.165) is 10.9 Å². The first-order chi connectivity index (χ1) is 12.5. The van der Waals surface area contributed by atoms with E-state index in [4.69, 9.17) is 4.74 Å². The van der Waals surface area contributed by atoms with Crippen LogP contribution in [0, 0.1) is 0 Å². The monoisotopic (exact) mass is 355 g/mol. The van der Waals surface area contributed by atoms with E-state index < -0.39 is 11.7 Å². The number of cyclic esters (lactones) is 1. The molecule has 2 fully saturated rings. The molecule has 7 nitrogen and oxygen atoms in total. The standard InChI is InChI=1S/C19H21N3O4/c1-12-11-22(19(25)26-12)13-6-8-21(9-7-13)18(24)17(23)15-10-20-16-5-3-2-4-14(15)16/h2-5,10,12-13,20H,6-9,11H2,1H3. The van der Waals surface area contributed by atoms with Gasteiger partial charge in [0.05, 0.1) is 12.1 Å². The van der Waals surface area contributed by atoms with Gasteiger partial charge in [-0.15, -0.1) is 0 Å². The van der Waals surface area contributed by atoms with Crippen LogP contribution in [0.25, 0.3) is 10.9 Å². The Bertz CT molecular complexity index is 867. The summed E-state index contributed by atoms with van der Waals surface area (Å²) >= 11 is 0. The van der Waals surface area contributed by atoms with Crippen molar-refractivity contribution in [3.63, 3.8) is 0 Å². The van der Waals surface area contributed by atoms with Crippen molar-refractivity contribution in [3.05, 3.63) is 36.0 Å². The highest BCUT2D eigenvalue weighted by Gasteiger charge is 2.37. The molecule has 2 aliphatic rings. The van der Waals surface area contributed by atoms with Crippen LogP contribution >= 0.6 is 0 Å². The number of ether oxygens (including phenoxy) is 1. The van der Waals surface area contributed by atoms with E-state index in [-0.39, 0.29) is 18.2 Å². The van der Waals surface area contributed by atoms with E-state index in [2.05, 4.69) is 4.98 Å². The first-order valence-corrected chi connectivity index (χ1v) is 8.91. The molecule has 0 spiro atoms. The van der Waals surface area contributed by atoms with Crippen molar-refractivity contribution in [2.45, 2.75) is 31.9 Å². The van der Waals surface area contributed by atoms with Gasteiger partial charge in [-0.25, -0.2) is 4.79 Å². The fourth-order valence-electron chi connectivity index (χ4n) is 3.83. The van der Waals surface area contributed by atoms with Crippen LogP contribution in [0.15, 0.2) is 30.5 Å². The smallest absolute Gasteiger partial charge is 0.410 e. The van der Waals surface area contributed by atoms with Gasteiger partial charge in [0, 0.05) is 36.2 Å². The predicted octanol–water partition coefficient (Wildman–Crippen LogP) is 2.18. The zero-order valence-corrected chi connectivity index (χ0v) is 14.6. The first kappa shape index (κ1) is 16.6. The molecule has 4 rings (SSSR count). The third-order valence-corrected chi connectivity index (χ3v) is 5.21. The minimum absolute atomic E-state index is 0.0692. The number of H-pyrrole nitrogens is 1. The Kier molecular flexibility index (Phi) is 4.14. The van der Waals surface area contributed by atoms with Gasteiger partial charge in [0.25, 0.3) is 11.7 Å². The SMILES string of the molecule is CC1CN(C2CCN(C(=O)C(=O)c3c[nH]c4ccccc34)CC2)C(=O)O1. The van der Waals surface area contributed by atoms with Gasteiger partial charge in [0.1, 0.15) is 6.10 Å². The highest BCUT2D eigenvalue weighted by atomic mass is 16.6. The van der Waals surface area contributed by atoms with E-state index in [1.165, 1.54) is 0 Å². The number of hydrogen-bond donors (Lipinski definition) is 1. The summed E-state index contributed by atoms with van der Waals surface area (Å²) in [4.78, 5) is 43.5. The lowest BCUT2D eigenvalue weighted by Gasteiger charge is -2.35. The minimum Gasteiger partial charge on any atom is -0.444 e. The molecule has 1 unspecified atom stereocenters. The first-order valence-electron chi connectivity index (χ1n) is 8.91. The predicted molar refractivity (Wildman–Crippen MR) is 94.9 cm³/mol. The molecule has 2 aliphatic heterocycles. The topological polar surface area (TPSA) is 82.7 Å². The summed E-state index contributed by atoms with van der Waals surface area (Å²) in [7, 11) is 0. The number of hydrogen-bond acceptors (Lipinski definition) is 4. The second-order valence-corrected chi connectivity index (χ2v) is 6.95. The van der Waals surface area contributed by atoms with Crippen molar-refractivity contribution in [3.8, 4) is 0 Å². The van der Waals surface area contributed by atoms with Crippen LogP contribution in [-0.2, 0) is 9.53 Å². The summed E-state index contributed by atoms with van der Waals surface area (Å²) in [5.41, 5.74) is 1.24. The molecule has 136 valence electrons. The number of nitrogens with zero attached hydrogens (tertiary/aromatic N) is 2. The maximum absolute atomic E-state index is 12.7. The Morgan fingerprint density at radius 2 is 1.92 bits per heavy atom. The van der Waals surface area contributed by atoms with E-state index in [9.17, 15) is 14.4 Å².